The molecule has 0 saturated heterocycles. The number of thiocarbonyl (C=S) groups is 1. The van der Waals surface area contributed by atoms with Gasteiger partial charge in [-0.05, 0) is 75.0 Å². The van der Waals surface area contributed by atoms with Gasteiger partial charge in [0.05, 0.1) is 11.7 Å². The molecule has 0 spiro atoms. The maximum Gasteiger partial charge on any atom is 0.338 e. The van der Waals surface area contributed by atoms with E-state index < -0.39 is 0 Å². The first-order chi connectivity index (χ1) is 11.3. The van der Waals surface area contributed by atoms with Crippen molar-refractivity contribution in [2.75, 3.05) is 10.6 Å². The maximum atomic E-state index is 11.8. The number of hydrogen-bond donors (Lipinski definition) is 2. The molecule has 0 radical (unpaired) electrons. The molecule has 0 aromatic heterocycles. The molecule has 126 valence electrons. The van der Waals surface area contributed by atoms with Crippen molar-refractivity contribution in [1.29, 1.82) is 0 Å². The largest absolute Gasteiger partial charge is 0.459 e. The highest BCUT2D eigenvalue weighted by molar-refractivity contribution is 7.80. The molecule has 4 nitrogen and oxygen atoms in total. The summed E-state index contributed by atoms with van der Waals surface area (Å²) in [6, 6.07) is 12.6. The van der Waals surface area contributed by atoms with Crippen LogP contribution in [0.15, 0.2) is 42.5 Å². The van der Waals surface area contributed by atoms with E-state index in [0.29, 0.717) is 15.7 Å². The molecule has 6 heteroatoms. The normalized spacial score (nSPS) is 10.4. The van der Waals surface area contributed by atoms with Gasteiger partial charge in [0.1, 0.15) is 0 Å². The van der Waals surface area contributed by atoms with E-state index in [1.807, 2.05) is 39.0 Å². The molecule has 0 bridgehead atoms. The Balaban J connectivity index is 1.96. The van der Waals surface area contributed by atoms with Crippen LogP contribution >= 0.6 is 23.8 Å². The number of nitrogens with one attached hydrogen (secondary N) is 2. The van der Waals surface area contributed by atoms with Crippen LogP contribution in [0.3, 0.4) is 0 Å². The lowest BCUT2D eigenvalue weighted by Crippen LogP contribution is -2.19. The molecule has 2 aromatic rings. The molecular formula is C18H19ClN2O2S. The van der Waals surface area contributed by atoms with Crippen molar-refractivity contribution < 1.29 is 9.53 Å². The summed E-state index contributed by atoms with van der Waals surface area (Å²) in [6.07, 6.45) is -0.145. The third-order valence-electron chi connectivity index (χ3n) is 3.15. The molecule has 0 unspecified atom stereocenters. The second kappa shape index (κ2) is 8.13. The molecule has 0 atom stereocenters. The van der Waals surface area contributed by atoms with Crippen LogP contribution < -0.4 is 10.6 Å². The van der Waals surface area contributed by atoms with Gasteiger partial charge in [0.25, 0.3) is 0 Å². The molecule has 0 saturated carbocycles. The Hall–Kier alpha value is -2.11. The van der Waals surface area contributed by atoms with Crippen LogP contribution in [0.25, 0.3) is 0 Å². The maximum absolute atomic E-state index is 11.8. The third kappa shape index (κ3) is 5.22. The Morgan fingerprint density at radius 2 is 1.67 bits per heavy atom. The summed E-state index contributed by atoms with van der Waals surface area (Å²) in [4.78, 5) is 11.8. The van der Waals surface area contributed by atoms with E-state index >= 15 is 0 Å². The van der Waals surface area contributed by atoms with E-state index in [4.69, 9.17) is 28.6 Å². The van der Waals surface area contributed by atoms with Crippen molar-refractivity contribution in [3.63, 3.8) is 0 Å². The van der Waals surface area contributed by atoms with Gasteiger partial charge in [-0.3, -0.25) is 0 Å². The summed E-state index contributed by atoms with van der Waals surface area (Å²) < 4.78 is 5.15. The Morgan fingerprint density at radius 3 is 2.25 bits per heavy atom. The zero-order valence-electron chi connectivity index (χ0n) is 13.7. The fraction of sp³-hybridized carbons (Fsp3) is 0.222. The molecular weight excluding hydrogens is 344 g/mol. The fourth-order valence-corrected chi connectivity index (χ4v) is 2.35. The monoisotopic (exact) mass is 362 g/mol. The van der Waals surface area contributed by atoms with Gasteiger partial charge in [0.2, 0.25) is 0 Å². The molecule has 0 aliphatic rings. The van der Waals surface area contributed by atoms with Gasteiger partial charge in [0.15, 0.2) is 5.11 Å². The summed E-state index contributed by atoms with van der Waals surface area (Å²) >= 11 is 11.4. The summed E-state index contributed by atoms with van der Waals surface area (Å²) in [5.74, 6) is -0.341. The molecule has 2 rings (SSSR count). The highest BCUT2D eigenvalue weighted by Crippen LogP contribution is 2.20. The number of carbonyl (C=O) groups excluding carboxylic acids is 1. The SMILES string of the molecule is Cc1ccc(NC(=S)Nc2ccc(C(=O)OC(C)C)cc2)cc1Cl. The average molecular weight is 363 g/mol. The topological polar surface area (TPSA) is 50.4 Å². The molecule has 2 aromatic carbocycles. The minimum Gasteiger partial charge on any atom is -0.459 e. The van der Waals surface area contributed by atoms with E-state index in [0.717, 1.165) is 16.9 Å². The van der Waals surface area contributed by atoms with E-state index in [1.165, 1.54) is 0 Å². The number of hydrogen-bond acceptors (Lipinski definition) is 3. The number of aryl methyl sites for hydroxylation is 1. The third-order valence-corrected chi connectivity index (χ3v) is 3.76. The number of carbonyl (C=O) groups is 1. The summed E-state index contributed by atoms with van der Waals surface area (Å²) in [5, 5.41) is 7.24. The zero-order chi connectivity index (χ0) is 17.7. The lowest BCUT2D eigenvalue weighted by atomic mass is 10.2. The van der Waals surface area contributed by atoms with Gasteiger partial charge in [0, 0.05) is 16.4 Å². The lowest BCUT2D eigenvalue weighted by Gasteiger charge is -2.12. The van der Waals surface area contributed by atoms with Gasteiger partial charge < -0.3 is 15.4 Å². The highest BCUT2D eigenvalue weighted by atomic mass is 35.5. The van der Waals surface area contributed by atoms with E-state index in [-0.39, 0.29) is 12.1 Å². The van der Waals surface area contributed by atoms with Crippen LogP contribution in [0.2, 0.25) is 5.02 Å². The standard InChI is InChI=1S/C18H19ClN2O2S/c1-11(2)23-17(22)13-5-8-14(9-6-13)20-18(24)21-15-7-4-12(3)16(19)10-15/h4-11H,1-3H3,(H2,20,21,24). The average Bonchev–Trinajstić information content (AvgIpc) is 2.51. The predicted molar refractivity (Wildman–Crippen MR) is 103 cm³/mol. The first kappa shape index (κ1) is 18.2. The van der Waals surface area contributed by atoms with E-state index in [1.54, 1.807) is 24.3 Å². The number of halogens is 1. The first-order valence-electron chi connectivity index (χ1n) is 7.50. The number of esters is 1. The van der Waals surface area contributed by atoms with E-state index in [2.05, 4.69) is 10.6 Å². The van der Waals surface area contributed by atoms with Crippen molar-refractivity contribution >= 4 is 46.3 Å². The summed E-state index contributed by atoms with van der Waals surface area (Å²) in [7, 11) is 0. The number of ether oxygens (including phenoxy) is 1. The number of anilines is 2. The summed E-state index contributed by atoms with van der Waals surface area (Å²) in [5.41, 5.74) is 3.08. The molecule has 2 N–H and O–H groups in total. The smallest absolute Gasteiger partial charge is 0.338 e. The van der Waals surface area contributed by atoms with Crippen molar-refractivity contribution in [1.82, 2.24) is 0 Å². The Bertz CT molecular complexity index is 745. The Kier molecular flexibility index (Phi) is 6.17. The van der Waals surface area contributed by atoms with Crippen LogP contribution in [-0.2, 0) is 4.74 Å². The van der Waals surface area contributed by atoms with Gasteiger partial charge in [-0.15, -0.1) is 0 Å². The zero-order valence-corrected chi connectivity index (χ0v) is 15.3. The van der Waals surface area contributed by atoms with Crippen LogP contribution in [0.5, 0.6) is 0 Å². The highest BCUT2D eigenvalue weighted by Gasteiger charge is 2.09. The predicted octanol–water partition coefficient (Wildman–Crippen LogP) is 5.02. The Labute approximate surface area is 152 Å². The number of rotatable bonds is 4. The van der Waals surface area contributed by atoms with Crippen molar-refractivity contribution in [2.24, 2.45) is 0 Å². The lowest BCUT2D eigenvalue weighted by molar-refractivity contribution is 0.0378. The molecule has 0 heterocycles. The second-order valence-electron chi connectivity index (χ2n) is 5.57. The van der Waals surface area contributed by atoms with Crippen molar-refractivity contribution in [3.05, 3.63) is 58.6 Å². The molecule has 0 aliphatic heterocycles. The van der Waals surface area contributed by atoms with Crippen molar-refractivity contribution in [3.8, 4) is 0 Å². The van der Waals surface area contributed by atoms with Crippen LogP contribution in [0.4, 0.5) is 11.4 Å². The van der Waals surface area contributed by atoms with Crippen LogP contribution in [0.1, 0.15) is 29.8 Å². The van der Waals surface area contributed by atoms with Crippen molar-refractivity contribution in [2.45, 2.75) is 26.9 Å². The van der Waals surface area contributed by atoms with Gasteiger partial charge >= 0.3 is 5.97 Å². The first-order valence-corrected chi connectivity index (χ1v) is 8.29. The van der Waals surface area contributed by atoms with Crippen LogP contribution in [0, 0.1) is 6.92 Å². The fourth-order valence-electron chi connectivity index (χ4n) is 1.94. The van der Waals surface area contributed by atoms with Crippen LogP contribution in [-0.4, -0.2) is 17.2 Å². The molecule has 24 heavy (non-hydrogen) atoms. The van der Waals surface area contributed by atoms with Gasteiger partial charge in [-0.25, -0.2) is 4.79 Å². The van der Waals surface area contributed by atoms with Gasteiger partial charge in [-0.1, -0.05) is 17.7 Å². The molecule has 0 fully saturated rings. The minimum absolute atomic E-state index is 0.145. The molecule has 0 aliphatic carbocycles. The van der Waals surface area contributed by atoms with E-state index in [9.17, 15) is 4.79 Å². The number of benzene rings is 2. The quantitative estimate of drug-likeness (QED) is 0.590. The minimum atomic E-state index is -0.341. The van der Waals surface area contributed by atoms with Gasteiger partial charge in [-0.2, -0.15) is 0 Å². The Morgan fingerprint density at radius 1 is 1.08 bits per heavy atom. The second-order valence-corrected chi connectivity index (χ2v) is 6.39. The molecule has 0 amide bonds. The summed E-state index contributed by atoms with van der Waals surface area (Å²) in [6.45, 7) is 5.57.